The molecule has 0 radical (unpaired) electrons. The zero-order valence-electron chi connectivity index (χ0n) is 12.3. The number of hydrogen-bond donors (Lipinski definition) is 1. The van der Waals surface area contributed by atoms with Crippen LogP contribution in [0.25, 0.3) is 0 Å². The van der Waals surface area contributed by atoms with Gasteiger partial charge in [-0.15, -0.1) is 0 Å². The molecule has 1 atom stereocenters. The van der Waals surface area contributed by atoms with Crippen molar-refractivity contribution in [3.63, 3.8) is 0 Å². The molecule has 2 rings (SSSR count). The van der Waals surface area contributed by atoms with E-state index in [9.17, 15) is 12.8 Å². The number of thioether (sulfide) groups is 1. The third-order valence-corrected chi connectivity index (χ3v) is 6.81. The summed E-state index contributed by atoms with van der Waals surface area (Å²) in [5.74, 6) is 1.24. The molecule has 0 aliphatic carbocycles. The minimum atomic E-state index is -3.67. The maximum atomic E-state index is 13.5. The maximum absolute atomic E-state index is 13.5. The molecular weight excluding hydrogens is 311 g/mol. The molecule has 7 heteroatoms. The Balaban J connectivity index is 2.35. The van der Waals surface area contributed by atoms with Gasteiger partial charge in [0.15, 0.2) is 0 Å². The summed E-state index contributed by atoms with van der Waals surface area (Å²) in [6.45, 7) is 3.09. The van der Waals surface area contributed by atoms with Crippen LogP contribution in [0.4, 0.5) is 4.39 Å². The van der Waals surface area contributed by atoms with Gasteiger partial charge in [-0.1, -0.05) is 13.0 Å². The SMILES string of the molecule is CCNCc1ccc(F)cc1S(=O)(=O)N(C)C1CCSC1. The molecule has 1 N–H and O–H groups in total. The number of hydrogen-bond acceptors (Lipinski definition) is 4. The molecule has 1 aliphatic heterocycles. The van der Waals surface area contributed by atoms with E-state index in [4.69, 9.17) is 0 Å². The largest absolute Gasteiger partial charge is 0.313 e. The lowest BCUT2D eigenvalue weighted by Gasteiger charge is -2.24. The summed E-state index contributed by atoms with van der Waals surface area (Å²) in [5, 5.41) is 3.10. The van der Waals surface area contributed by atoms with Crippen LogP contribution in [0.15, 0.2) is 23.1 Å². The van der Waals surface area contributed by atoms with E-state index in [1.807, 2.05) is 6.92 Å². The Morgan fingerprint density at radius 3 is 2.86 bits per heavy atom. The van der Waals surface area contributed by atoms with Crippen LogP contribution in [0.3, 0.4) is 0 Å². The molecule has 1 aromatic carbocycles. The third kappa shape index (κ3) is 3.77. The van der Waals surface area contributed by atoms with Crippen LogP contribution < -0.4 is 5.32 Å². The van der Waals surface area contributed by atoms with Gasteiger partial charge in [-0.25, -0.2) is 12.8 Å². The molecule has 4 nitrogen and oxygen atoms in total. The molecular formula is C14H21FN2O2S2. The van der Waals surface area contributed by atoms with E-state index >= 15 is 0 Å². The second-order valence-corrected chi connectivity index (χ2v) is 8.19. The Morgan fingerprint density at radius 1 is 1.48 bits per heavy atom. The number of sulfonamides is 1. The van der Waals surface area contributed by atoms with E-state index in [-0.39, 0.29) is 10.9 Å². The van der Waals surface area contributed by atoms with Gasteiger partial charge < -0.3 is 5.32 Å². The molecule has 118 valence electrons. The predicted molar refractivity (Wildman–Crippen MR) is 84.5 cm³/mol. The van der Waals surface area contributed by atoms with Crippen LogP contribution in [0.5, 0.6) is 0 Å². The average Bonchev–Trinajstić information content (AvgIpc) is 2.99. The van der Waals surface area contributed by atoms with Gasteiger partial charge in [0, 0.05) is 25.4 Å². The Kier molecular flexibility index (Phi) is 5.65. The van der Waals surface area contributed by atoms with Crippen molar-refractivity contribution < 1.29 is 12.8 Å². The van der Waals surface area contributed by atoms with E-state index in [1.165, 1.54) is 10.4 Å². The van der Waals surface area contributed by atoms with Crippen LogP contribution in [0, 0.1) is 5.82 Å². The average molecular weight is 332 g/mol. The second-order valence-electron chi connectivity index (χ2n) is 5.07. The van der Waals surface area contributed by atoms with Crippen molar-refractivity contribution in [1.82, 2.24) is 9.62 Å². The number of rotatable bonds is 6. The maximum Gasteiger partial charge on any atom is 0.243 e. The van der Waals surface area contributed by atoms with Gasteiger partial charge in [-0.05, 0) is 36.4 Å². The predicted octanol–water partition coefficient (Wildman–Crippen LogP) is 2.06. The number of nitrogens with one attached hydrogen (secondary N) is 1. The van der Waals surface area contributed by atoms with Crippen molar-refractivity contribution in [3.05, 3.63) is 29.6 Å². The minimum Gasteiger partial charge on any atom is -0.313 e. The van der Waals surface area contributed by atoms with Gasteiger partial charge in [-0.3, -0.25) is 0 Å². The third-order valence-electron chi connectivity index (χ3n) is 3.67. The van der Waals surface area contributed by atoms with Crippen molar-refractivity contribution in [1.29, 1.82) is 0 Å². The van der Waals surface area contributed by atoms with Crippen molar-refractivity contribution in [2.45, 2.75) is 30.8 Å². The molecule has 1 saturated heterocycles. The molecule has 0 aromatic heterocycles. The molecule has 0 saturated carbocycles. The molecule has 1 aliphatic rings. The summed E-state index contributed by atoms with van der Waals surface area (Å²) in [6, 6.07) is 3.97. The lowest BCUT2D eigenvalue weighted by molar-refractivity contribution is 0.393. The summed E-state index contributed by atoms with van der Waals surface area (Å²) in [5.41, 5.74) is 0.607. The Morgan fingerprint density at radius 2 is 2.24 bits per heavy atom. The number of benzene rings is 1. The first kappa shape index (κ1) is 16.7. The lowest BCUT2D eigenvalue weighted by atomic mass is 10.2. The quantitative estimate of drug-likeness (QED) is 0.866. The van der Waals surface area contributed by atoms with Crippen LogP contribution in [0.2, 0.25) is 0 Å². The molecule has 0 bridgehead atoms. The fourth-order valence-corrected chi connectivity index (χ4v) is 5.31. The van der Waals surface area contributed by atoms with E-state index in [1.54, 1.807) is 24.9 Å². The fourth-order valence-electron chi connectivity index (χ4n) is 2.33. The van der Waals surface area contributed by atoms with Gasteiger partial charge in [0.2, 0.25) is 10.0 Å². The molecule has 21 heavy (non-hydrogen) atoms. The van der Waals surface area contributed by atoms with Gasteiger partial charge in [0.05, 0.1) is 4.90 Å². The molecule has 0 amide bonds. The molecule has 1 aromatic rings. The van der Waals surface area contributed by atoms with Gasteiger partial charge in [0.25, 0.3) is 0 Å². The van der Waals surface area contributed by atoms with E-state index in [0.717, 1.165) is 30.5 Å². The monoisotopic (exact) mass is 332 g/mol. The highest BCUT2D eigenvalue weighted by molar-refractivity contribution is 7.99. The molecule has 1 unspecified atom stereocenters. The first-order chi connectivity index (χ1) is 9.96. The van der Waals surface area contributed by atoms with Crippen molar-refractivity contribution in [3.8, 4) is 0 Å². The Bertz CT molecular complexity index is 587. The van der Waals surface area contributed by atoms with E-state index < -0.39 is 15.8 Å². The highest BCUT2D eigenvalue weighted by atomic mass is 32.2. The zero-order valence-corrected chi connectivity index (χ0v) is 13.9. The number of halogens is 1. The highest BCUT2D eigenvalue weighted by Gasteiger charge is 2.32. The normalized spacial score (nSPS) is 19.3. The smallest absolute Gasteiger partial charge is 0.243 e. The summed E-state index contributed by atoms with van der Waals surface area (Å²) >= 11 is 1.75. The summed E-state index contributed by atoms with van der Waals surface area (Å²) in [7, 11) is -2.07. The molecule has 1 heterocycles. The highest BCUT2D eigenvalue weighted by Crippen LogP contribution is 2.28. The first-order valence-corrected chi connectivity index (χ1v) is 9.61. The Labute approximate surface area is 130 Å². The van der Waals surface area contributed by atoms with E-state index in [2.05, 4.69) is 5.32 Å². The van der Waals surface area contributed by atoms with Crippen molar-refractivity contribution in [2.24, 2.45) is 0 Å². The molecule has 1 fully saturated rings. The fraction of sp³-hybridized carbons (Fsp3) is 0.571. The van der Waals surface area contributed by atoms with Crippen molar-refractivity contribution in [2.75, 3.05) is 25.1 Å². The van der Waals surface area contributed by atoms with E-state index in [0.29, 0.717) is 12.1 Å². The first-order valence-electron chi connectivity index (χ1n) is 7.01. The summed E-state index contributed by atoms with van der Waals surface area (Å²) in [4.78, 5) is 0.0721. The minimum absolute atomic E-state index is 0.00440. The standard InChI is InChI=1S/C14H21FN2O2S2/c1-3-16-9-11-4-5-12(15)8-14(11)21(18,19)17(2)13-6-7-20-10-13/h4-5,8,13,16H,3,6-7,9-10H2,1-2H3. The number of nitrogens with zero attached hydrogens (tertiary/aromatic N) is 1. The van der Waals surface area contributed by atoms with Crippen LogP contribution in [-0.2, 0) is 16.6 Å². The van der Waals surface area contributed by atoms with Crippen molar-refractivity contribution >= 4 is 21.8 Å². The van der Waals surface area contributed by atoms with Crippen LogP contribution in [0.1, 0.15) is 18.9 Å². The van der Waals surface area contributed by atoms with Gasteiger partial charge >= 0.3 is 0 Å². The molecule has 0 spiro atoms. The van der Waals surface area contributed by atoms with Crippen LogP contribution >= 0.6 is 11.8 Å². The van der Waals surface area contributed by atoms with Gasteiger partial charge in [0.1, 0.15) is 5.82 Å². The summed E-state index contributed by atoms with van der Waals surface area (Å²) in [6.07, 6.45) is 0.845. The lowest BCUT2D eigenvalue weighted by Crippen LogP contribution is -2.37. The van der Waals surface area contributed by atoms with Crippen LogP contribution in [-0.4, -0.2) is 43.9 Å². The summed E-state index contributed by atoms with van der Waals surface area (Å²) < 4.78 is 40.5. The second kappa shape index (κ2) is 7.09. The Hall–Kier alpha value is -0.630. The topological polar surface area (TPSA) is 49.4 Å². The van der Waals surface area contributed by atoms with Gasteiger partial charge in [-0.2, -0.15) is 16.1 Å². The zero-order chi connectivity index (χ0) is 15.5.